The van der Waals surface area contributed by atoms with Crippen molar-refractivity contribution in [3.05, 3.63) is 80.7 Å². The van der Waals surface area contributed by atoms with Crippen LogP contribution in [-0.4, -0.2) is 21.2 Å². The second kappa shape index (κ2) is 9.35. The van der Waals surface area contributed by atoms with Crippen molar-refractivity contribution in [2.45, 2.75) is 47.1 Å². The summed E-state index contributed by atoms with van der Waals surface area (Å²) in [4.78, 5) is 44.5. The third-order valence-corrected chi connectivity index (χ3v) is 7.21. The van der Waals surface area contributed by atoms with E-state index < -0.39 is 6.04 Å². The monoisotopic (exact) mass is 473 g/mol. The Labute approximate surface area is 202 Å². The second-order valence-corrected chi connectivity index (χ2v) is 9.72. The van der Waals surface area contributed by atoms with Gasteiger partial charge in [0.1, 0.15) is 10.9 Å². The zero-order chi connectivity index (χ0) is 24.6. The van der Waals surface area contributed by atoms with Gasteiger partial charge in [-0.25, -0.2) is 4.98 Å². The molecular weight excluding hydrogens is 446 g/mol. The number of thiophene rings is 1. The number of ketones is 1. The first-order chi connectivity index (χ1) is 16.2. The summed E-state index contributed by atoms with van der Waals surface area (Å²) >= 11 is 1.49. The fourth-order valence-electron chi connectivity index (χ4n) is 4.10. The molecular formula is C27H27N3O3S. The van der Waals surface area contributed by atoms with E-state index in [1.54, 1.807) is 24.3 Å². The second-order valence-electron chi connectivity index (χ2n) is 8.52. The summed E-state index contributed by atoms with van der Waals surface area (Å²) in [5, 5.41) is 3.41. The van der Waals surface area contributed by atoms with Gasteiger partial charge in [-0.05, 0) is 75.1 Å². The summed E-state index contributed by atoms with van der Waals surface area (Å²) in [7, 11) is 0. The Morgan fingerprint density at radius 3 is 2.38 bits per heavy atom. The van der Waals surface area contributed by atoms with E-state index in [9.17, 15) is 14.4 Å². The van der Waals surface area contributed by atoms with Gasteiger partial charge in [-0.1, -0.05) is 25.1 Å². The predicted molar refractivity (Wildman–Crippen MR) is 138 cm³/mol. The van der Waals surface area contributed by atoms with Crippen LogP contribution >= 0.6 is 11.3 Å². The number of amides is 1. The minimum absolute atomic E-state index is 0.0409. The van der Waals surface area contributed by atoms with E-state index in [-0.39, 0.29) is 17.2 Å². The van der Waals surface area contributed by atoms with Gasteiger partial charge in [-0.2, -0.15) is 0 Å². The average molecular weight is 474 g/mol. The molecule has 1 amide bonds. The highest BCUT2D eigenvalue weighted by Crippen LogP contribution is 2.36. The van der Waals surface area contributed by atoms with Crippen molar-refractivity contribution in [2.24, 2.45) is 0 Å². The number of hydrogen-bond donors (Lipinski definition) is 1. The van der Waals surface area contributed by atoms with Gasteiger partial charge in [0.05, 0.1) is 11.7 Å². The molecule has 1 unspecified atom stereocenters. The van der Waals surface area contributed by atoms with Gasteiger partial charge in [0.2, 0.25) is 5.91 Å². The molecule has 4 aromatic rings. The number of nitrogens with zero attached hydrogens (tertiary/aromatic N) is 2. The van der Waals surface area contributed by atoms with Crippen molar-refractivity contribution in [1.29, 1.82) is 0 Å². The molecule has 0 saturated carbocycles. The molecule has 2 aromatic heterocycles. The molecule has 1 atom stereocenters. The lowest BCUT2D eigenvalue weighted by atomic mass is 9.99. The summed E-state index contributed by atoms with van der Waals surface area (Å²) in [6, 6.07) is 12.2. The van der Waals surface area contributed by atoms with Crippen LogP contribution in [0.3, 0.4) is 0 Å². The number of carbonyl (C=O) groups excluding carboxylic acids is 2. The van der Waals surface area contributed by atoms with Gasteiger partial charge >= 0.3 is 0 Å². The van der Waals surface area contributed by atoms with Crippen LogP contribution in [0.25, 0.3) is 21.3 Å². The number of Topliss-reactive ketones (excluding diaryl/α,β-unsaturated/α-hetero) is 1. The first kappa shape index (κ1) is 23.6. The molecule has 0 aliphatic rings. The van der Waals surface area contributed by atoms with Gasteiger partial charge < -0.3 is 5.32 Å². The van der Waals surface area contributed by atoms with Gasteiger partial charge in [-0.3, -0.25) is 19.0 Å². The number of benzene rings is 2. The number of fused-ring (bicyclic) bond motifs is 1. The fraction of sp³-hybridized carbons (Fsp3) is 0.259. The highest BCUT2D eigenvalue weighted by molar-refractivity contribution is 7.19. The maximum atomic E-state index is 13.7. The number of hydrogen-bond acceptors (Lipinski definition) is 5. The van der Waals surface area contributed by atoms with Crippen molar-refractivity contribution < 1.29 is 9.59 Å². The van der Waals surface area contributed by atoms with Crippen LogP contribution in [0.1, 0.15) is 52.7 Å². The first-order valence-corrected chi connectivity index (χ1v) is 12.0. The molecule has 0 radical (unpaired) electrons. The highest BCUT2D eigenvalue weighted by atomic mass is 32.1. The molecule has 34 heavy (non-hydrogen) atoms. The van der Waals surface area contributed by atoms with E-state index in [2.05, 4.69) is 36.3 Å². The molecule has 4 rings (SSSR count). The maximum absolute atomic E-state index is 13.7. The van der Waals surface area contributed by atoms with Crippen molar-refractivity contribution in [2.75, 3.05) is 5.32 Å². The molecule has 7 heteroatoms. The lowest BCUT2D eigenvalue weighted by molar-refractivity contribution is -0.119. The quantitative estimate of drug-likeness (QED) is 0.357. The highest BCUT2D eigenvalue weighted by Gasteiger charge is 2.24. The minimum atomic E-state index is -0.718. The van der Waals surface area contributed by atoms with Crippen LogP contribution in [0, 0.1) is 20.8 Å². The van der Waals surface area contributed by atoms with E-state index in [0.717, 1.165) is 21.6 Å². The number of rotatable bonds is 6. The molecule has 0 aliphatic heterocycles. The van der Waals surface area contributed by atoms with Crippen LogP contribution in [0.2, 0.25) is 0 Å². The van der Waals surface area contributed by atoms with Gasteiger partial charge in [0.25, 0.3) is 5.56 Å². The molecule has 0 aliphatic carbocycles. The third-order valence-electron chi connectivity index (χ3n) is 6.19. The molecule has 174 valence electrons. The van der Waals surface area contributed by atoms with Gasteiger partial charge in [0, 0.05) is 21.7 Å². The van der Waals surface area contributed by atoms with Crippen molar-refractivity contribution in [3.63, 3.8) is 0 Å². The molecule has 0 spiro atoms. The van der Waals surface area contributed by atoms with Crippen LogP contribution in [0.4, 0.5) is 5.69 Å². The Kier molecular flexibility index (Phi) is 6.48. The standard InChI is InChI=1S/C27H27N3O3S/c1-6-22(25(32)29-21-11-9-19(10-12-21)17(4)31)30-14-28-26-24(27(30)33)23(18(5)34-26)20-8-7-15(2)16(3)13-20/h7-14,22H,6H2,1-5H3,(H,29,32). The van der Waals surface area contributed by atoms with Crippen LogP contribution in [0.15, 0.2) is 53.6 Å². The number of nitrogens with one attached hydrogen (secondary N) is 1. The molecule has 2 heterocycles. The van der Waals surface area contributed by atoms with Crippen LogP contribution in [0.5, 0.6) is 0 Å². The van der Waals surface area contributed by atoms with Crippen LogP contribution in [-0.2, 0) is 4.79 Å². The first-order valence-electron chi connectivity index (χ1n) is 11.2. The fourth-order valence-corrected chi connectivity index (χ4v) is 5.11. The van der Waals surface area contributed by atoms with E-state index in [4.69, 9.17) is 0 Å². The van der Waals surface area contributed by atoms with Crippen LogP contribution < -0.4 is 10.9 Å². The number of aryl methyl sites for hydroxylation is 3. The Morgan fingerprint density at radius 1 is 1.06 bits per heavy atom. The maximum Gasteiger partial charge on any atom is 0.263 e. The Hall–Kier alpha value is -3.58. The summed E-state index contributed by atoms with van der Waals surface area (Å²) in [5.41, 5.74) is 5.12. The Balaban J connectivity index is 1.74. The minimum Gasteiger partial charge on any atom is -0.324 e. The zero-order valence-electron chi connectivity index (χ0n) is 19.9. The summed E-state index contributed by atoms with van der Waals surface area (Å²) in [6.07, 6.45) is 1.89. The molecule has 0 bridgehead atoms. The van der Waals surface area contributed by atoms with Gasteiger partial charge in [-0.15, -0.1) is 11.3 Å². The Bertz CT molecular complexity index is 1470. The SMILES string of the molecule is CCC(C(=O)Nc1ccc(C(C)=O)cc1)n1cnc2sc(C)c(-c3ccc(C)c(C)c3)c2c1=O. The van der Waals surface area contributed by atoms with E-state index >= 15 is 0 Å². The largest absolute Gasteiger partial charge is 0.324 e. The summed E-state index contributed by atoms with van der Waals surface area (Å²) in [6.45, 7) is 9.47. The lowest BCUT2D eigenvalue weighted by Crippen LogP contribution is -2.33. The normalized spacial score (nSPS) is 12.0. The lowest BCUT2D eigenvalue weighted by Gasteiger charge is -2.18. The summed E-state index contributed by atoms with van der Waals surface area (Å²) < 4.78 is 1.43. The molecule has 2 aromatic carbocycles. The third kappa shape index (κ3) is 4.31. The Morgan fingerprint density at radius 2 is 1.76 bits per heavy atom. The van der Waals surface area contributed by atoms with Gasteiger partial charge in [0.15, 0.2) is 5.78 Å². The molecule has 1 N–H and O–H groups in total. The van der Waals surface area contributed by atoms with E-state index in [0.29, 0.717) is 27.9 Å². The topological polar surface area (TPSA) is 81.1 Å². The smallest absolute Gasteiger partial charge is 0.263 e. The molecule has 0 saturated heterocycles. The number of aromatic nitrogens is 2. The van der Waals surface area contributed by atoms with E-state index in [1.807, 2.05) is 19.9 Å². The molecule has 6 nitrogen and oxygen atoms in total. The predicted octanol–water partition coefficient (Wildman–Crippen LogP) is 5.84. The van der Waals surface area contributed by atoms with E-state index in [1.165, 1.54) is 34.7 Å². The van der Waals surface area contributed by atoms with Crippen molar-refractivity contribution >= 4 is 38.9 Å². The summed E-state index contributed by atoms with van der Waals surface area (Å²) in [5.74, 6) is -0.345. The van der Waals surface area contributed by atoms with Crippen molar-refractivity contribution in [1.82, 2.24) is 9.55 Å². The zero-order valence-corrected chi connectivity index (χ0v) is 20.7. The molecule has 0 fully saturated rings. The number of carbonyl (C=O) groups is 2. The number of anilines is 1. The average Bonchev–Trinajstić information content (AvgIpc) is 3.14. The van der Waals surface area contributed by atoms with Crippen molar-refractivity contribution in [3.8, 4) is 11.1 Å².